The number of rotatable bonds is 7. The van der Waals surface area contributed by atoms with Crippen LogP contribution in [0.1, 0.15) is 5.56 Å². The van der Waals surface area contributed by atoms with E-state index in [2.05, 4.69) is 20.5 Å². The third-order valence-corrected chi connectivity index (χ3v) is 4.59. The summed E-state index contributed by atoms with van der Waals surface area (Å²) in [5.41, 5.74) is 1.01. The van der Waals surface area contributed by atoms with Gasteiger partial charge in [-0.3, -0.25) is 9.69 Å². The second-order valence-corrected chi connectivity index (χ2v) is 6.87. The van der Waals surface area contributed by atoms with Crippen LogP contribution >= 0.6 is 0 Å². The van der Waals surface area contributed by atoms with Gasteiger partial charge < -0.3 is 29.7 Å². The second kappa shape index (κ2) is 10.1. The number of benzene rings is 1. The average Bonchev–Trinajstić information content (AvgIpc) is 3.18. The van der Waals surface area contributed by atoms with Gasteiger partial charge in [-0.15, -0.1) is 0 Å². The zero-order valence-electron chi connectivity index (χ0n) is 16.6. The minimum absolute atomic E-state index is 0.00856. The number of hydrogen-bond donors (Lipinski definition) is 2. The molecule has 1 saturated heterocycles. The molecule has 2 heterocycles. The molecular formula is C19H29N5O4. The molecular weight excluding hydrogens is 362 g/mol. The molecule has 0 saturated carbocycles. The summed E-state index contributed by atoms with van der Waals surface area (Å²) in [4.78, 5) is 20.4. The number of fused-ring (bicyclic) bond motifs is 1. The van der Waals surface area contributed by atoms with Crippen LogP contribution in [0.2, 0.25) is 0 Å². The molecule has 3 rings (SSSR count). The number of nitrogens with zero attached hydrogens (tertiary/aromatic N) is 3. The lowest BCUT2D eigenvalue weighted by molar-refractivity contribution is -0.127. The van der Waals surface area contributed by atoms with E-state index in [1.54, 1.807) is 19.0 Å². The molecule has 0 aliphatic carbocycles. The molecule has 1 fully saturated rings. The number of ether oxygens (including phenoxy) is 3. The fourth-order valence-electron chi connectivity index (χ4n) is 2.86. The predicted octanol–water partition coefficient (Wildman–Crippen LogP) is -0.129. The summed E-state index contributed by atoms with van der Waals surface area (Å²) in [6, 6.07) is 5.79. The number of carbonyl (C=O) groups excluding carboxylic acids is 1. The van der Waals surface area contributed by atoms with E-state index in [4.69, 9.17) is 14.2 Å². The lowest BCUT2D eigenvalue weighted by Gasteiger charge is -2.26. The van der Waals surface area contributed by atoms with Crippen LogP contribution in [0.15, 0.2) is 23.2 Å². The third kappa shape index (κ3) is 6.00. The van der Waals surface area contributed by atoms with Crippen molar-refractivity contribution in [2.45, 2.75) is 6.54 Å². The highest BCUT2D eigenvalue weighted by atomic mass is 16.7. The maximum atomic E-state index is 11.9. The SMILES string of the molecule is CN(C)C(=O)CNC(=NCc1ccc2c(c1)OCO2)NCCN1CCOCC1. The van der Waals surface area contributed by atoms with Gasteiger partial charge in [-0.25, -0.2) is 4.99 Å². The van der Waals surface area contributed by atoms with Crippen molar-refractivity contribution in [1.29, 1.82) is 0 Å². The van der Waals surface area contributed by atoms with E-state index in [-0.39, 0.29) is 19.2 Å². The zero-order chi connectivity index (χ0) is 19.8. The minimum Gasteiger partial charge on any atom is -0.454 e. The van der Waals surface area contributed by atoms with E-state index in [1.807, 2.05) is 18.2 Å². The summed E-state index contributed by atoms with van der Waals surface area (Å²) in [5, 5.41) is 6.42. The number of carbonyl (C=O) groups is 1. The van der Waals surface area contributed by atoms with Gasteiger partial charge >= 0.3 is 0 Å². The molecule has 0 unspecified atom stereocenters. The molecule has 9 heteroatoms. The molecule has 2 N–H and O–H groups in total. The first-order chi connectivity index (χ1) is 13.6. The van der Waals surface area contributed by atoms with Gasteiger partial charge in [0, 0.05) is 40.3 Å². The molecule has 2 aliphatic rings. The molecule has 2 aliphatic heterocycles. The highest BCUT2D eigenvalue weighted by Crippen LogP contribution is 2.32. The van der Waals surface area contributed by atoms with Crippen LogP contribution in [0, 0.1) is 0 Å². The Balaban J connectivity index is 1.55. The first kappa shape index (κ1) is 20.2. The highest BCUT2D eigenvalue weighted by Gasteiger charge is 2.14. The topological polar surface area (TPSA) is 87.7 Å². The van der Waals surface area contributed by atoms with Crippen LogP contribution in [0.3, 0.4) is 0 Å². The molecule has 0 radical (unpaired) electrons. The molecule has 0 bridgehead atoms. The Labute approximate surface area is 165 Å². The van der Waals surface area contributed by atoms with Crippen molar-refractivity contribution in [2.75, 3.05) is 66.8 Å². The van der Waals surface area contributed by atoms with Gasteiger partial charge in [0.05, 0.1) is 26.3 Å². The third-order valence-electron chi connectivity index (χ3n) is 4.59. The van der Waals surface area contributed by atoms with Crippen molar-refractivity contribution in [1.82, 2.24) is 20.4 Å². The monoisotopic (exact) mass is 391 g/mol. The second-order valence-electron chi connectivity index (χ2n) is 6.87. The van der Waals surface area contributed by atoms with Crippen LogP contribution in [-0.4, -0.2) is 88.5 Å². The van der Waals surface area contributed by atoms with E-state index >= 15 is 0 Å². The molecule has 9 nitrogen and oxygen atoms in total. The average molecular weight is 391 g/mol. The summed E-state index contributed by atoms with van der Waals surface area (Å²) in [7, 11) is 3.47. The van der Waals surface area contributed by atoms with Gasteiger partial charge in [-0.1, -0.05) is 6.07 Å². The number of guanidine groups is 1. The van der Waals surface area contributed by atoms with Crippen LogP contribution in [-0.2, 0) is 16.1 Å². The lowest BCUT2D eigenvalue weighted by atomic mass is 10.2. The van der Waals surface area contributed by atoms with Crippen LogP contribution < -0.4 is 20.1 Å². The van der Waals surface area contributed by atoms with E-state index in [0.29, 0.717) is 12.5 Å². The van der Waals surface area contributed by atoms with Gasteiger partial charge in [0.2, 0.25) is 12.7 Å². The molecule has 1 aromatic carbocycles. The fourth-order valence-corrected chi connectivity index (χ4v) is 2.86. The van der Waals surface area contributed by atoms with Crippen molar-refractivity contribution in [2.24, 2.45) is 4.99 Å². The maximum absolute atomic E-state index is 11.9. The first-order valence-electron chi connectivity index (χ1n) is 9.53. The Morgan fingerprint density at radius 2 is 1.96 bits per heavy atom. The molecule has 154 valence electrons. The van der Waals surface area contributed by atoms with Gasteiger partial charge in [-0.2, -0.15) is 0 Å². The molecule has 0 spiro atoms. The van der Waals surface area contributed by atoms with E-state index in [1.165, 1.54) is 0 Å². The van der Waals surface area contributed by atoms with E-state index in [0.717, 1.165) is 56.5 Å². The number of nitrogens with one attached hydrogen (secondary N) is 2. The fraction of sp³-hybridized carbons (Fsp3) is 0.579. The lowest BCUT2D eigenvalue weighted by Crippen LogP contribution is -2.46. The quantitative estimate of drug-likeness (QED) is 0.495. The van der Waals surface area contributed by atoms with Gasteiger partial charge in [0.25, 0.3) is 0 Å². The first-order valence-corrected chi connectivity index (χ1v) is 9.53. The standard InChI is InChI=1S/C19H29N5O4/c1-23(2)18(25)13-22-19(20-5-6-24-7-9-26-10-8-24)21-12-15-3-4-16-17(11-15)28-14-27-16/h3-4,11H,5-10,12-14H2,1-2H3,(H2,20,21,22). The molecule has 0 aromatic heterocycles. The van der Waals surface area contributed by atoms with Crippen molar-refractivity contribution in [3.63, 3.8) is 0 Å². The van der Waals surface area contributed by atoms with Gasteiger partial charge in [-0.05, 0) is 17.7 Å². The van der Waals surface area contributed by atoms with Crippen molar-refractivity contribution >= 4 is 11.9 Å². The molecule has 28 heavy (non-hydrogen) atoms. The Bertz CT molecular complexity index is 689. The van der Waals surface area contributed by atoms with Gasteiger partial charge in [0.15, 0.2) is 17.5 Å². The Hall–Kier alpha value is -2.52. The van der Waals surface area contributed by atoms with Crippen molar-refractivity contribution in [3.8, 4) is 11.5 Å². The minimum atomic E-state index is -0.00856. The Morgan fingerprint density at radius 3 is 2.75 bits per heavy atom. The van der Waals surface area contributed by atoms with E-state index < -0.39 is 0 Å². The number of amides is 1. The summed E-state index contributed by atoms with van der Waals surface area (Å²) < 4.78 is 16.1. The largest absolute Gasteiger partial charge is 0.454 e. The van der Waals surface area contributed by atoms with Crippen LogP contribution in [0.25, 0.3) is 0 Å². The smallest absolute Gasteiger partial charge is 0.241 e. The summed E-state index contributed by atoms with van der Waals surface area (Å²) in [6.07, 6.45) is 0. The Morgan fingerprint density at radius 1 is 1.18 bits per heavy atom. The Kier molecular flexibility index (Phi) is 7.32. The summed E-state index contributed by atoms with van der Waals surface area (Å²) in [6.45, 7) is 6.00. The predicted molar refractivity (Wildman–Crippen MR) is 106 cm³/mol. The molecule has 1 aromatic rings. The zero-order valence-corrected chi connectivity index (χ0v) is 16.6. The molecule has 1 amide bonds. The number of hydrogen-bond acceptors (Lipinski definition) is 6. The number of aliphatic imine (C=N–C) groups is 1. The highest BCUT2D eigenvalue weighted by molar-refractivity contribution is 5.86. The van der Waals surface area contributed by atoms with E-state index in [9.17, 15) is 4.79 Å². The summed E-state index contributed by atoms with van der Waals surface area (Å²) >= 11 is 0. The number of likely N-dealkylation sites (N-methyl/N-ethyl adjacent to an activating group) is 1. The van der Waals surface area contributed by atoms with Crippen molar-refractivity contribution < 1.29 is 19.0 Å². The maximum Gasteiger partial charge on any atom is 0.241 e. The van der Waals surface area contributed by atoms with Gasteiger partial charge in [0.1, 0.15) is 0 Å². The molecule has 0 atom stereocenters. The normalized spacial score (nSPS) is 16.7. The number of morpholine rings is 1. The summed E-state index contributed by atoms with van der Waals surface area (Å²) in [5.74, 6) is 2.10. The van der Waals surface area contributed by atoms with Crippen molar-refractivity contribution in [3.05, 3.63) is 23.8 Å². The van der Waals surface area contributed by atoms with Crippen LogP contribution in [0.4, 0.5) is 0 Å². The van der Waals surface area contributed by atoms with Crippen LogP contribution in [0.5, 0.6) is 11.5 Å².